The summed E-state index contributed by atoms with van der Waals surface area (Å²) in [5, 5.41) is 4.95. The highest BCUT2D eigenvalue weighted by molar-refractivity contribution is 8.45. The van der Waals surface area contributed by atoms with E-state index in [-0.39, 0.29) is 52.2 Å². The van der Waals surface area contributed by atoms with Gasteiger partial charge in [-0.05, 0) is 86.1 Å². The number of carbonyl (C=O) groups is 3. The minimum absolute atomic E-state index is 0.0101. The fourth-order valence-electron chi connectivity index (χ4n) is 4.08. The van der Waals surface area contributed by atoms with Gasteiger partial charge in [-0.15, -0.1) is 0 Å². The molecule has 1 aromatic carbocycles. The molecule has 0 atom stereocenters. The van der Waals surface area contributed by atoms with Crippen LogP contribution >= 0.6 is 10.2 Å². The van der Waals surface area contributed by atoms with E-state index in [2.05, 4.69) is 20.6 Å². The second-order valence-corrected chi connectivity index (χ2v) is 15.3. The molecule has 16 heteroatoms. The number of benzene rings is 1. The Balaban J connectivity index is 2.05. The third-order valence-corrected chi connectivity index (χ3v) is 7.00. The summed E-state index contributed by atoms with van der Waals surface area (Å²) in [6.45, 7) is 14.3. The summed E-state index contributed by atoms with van der Waals surface area (Å²) in [5.41, 5.74) is -3.34. The molecule has 0 aliphatic heterocycles. The first-order valence-electron chi connectivity index (χ1n) is 13.3. The number of carbonyl (C=O) groups excluding carboxylic acids is 3. The average Bonchev–Trinajstić information content (AvgIpc) is 3.10. The summed E-state index contributed by atoms with van der Waals surface area (Å²) in [7, 11) is -10.1. The number of rotatable bonds is 6. The van der Waals surface area contributed by atoms with Gasteiger partial charge in [-0.25, -0.2) is 19.1 Å². The predicted molar refractivity (Wildman–Crippen MR) is 157 cm³/mol. The van der Waals surface area contributed by atoms with E-state index in [1.165, 1.54) is 6.92 Å². The molecule has 44 heavy (non-hydrogen) atoms. The predicted octanol–water partition coefficient (Wildman–Crippen LogP) is 7.88. The van der Waals surface area contributed by atoms with Crippen LogP contribution in [0.3, 0.4) is 0 Å². The summed E-state index contributed by atoms with van der Waals surface area (Å²) < 4.78 is 79.9. The number of nitrogens with zero attached hydrogens (tertiary/aromatic N) is 3. The summed E-state index contributed by atoms with van der Waals surface area (Å²) in [6.07, 6.45) is 0.572. The van der Waals surface area contributed by atoms with Crippen LogP contribution in [0.1, 0.15) is 71.4 Å². The van der Waals surface area contributed by atoms with Gasteiger partial charge in [0.25, 0.3) is 5.91 Å². The largest absolute Gasteiger partial charge is 0.444 e. The average molecular weight is 650 g/mol. The van der Waals surface area contributed by atoms with Crippen molar-refractivity contribution >= 4 is 39.2 Å². The van der Waals surface area contributed by atoms with Crippen LogP contribution in [0.4, 0.5) is 29.0 Å². The maximum absolute atomic E-state index is 13.7. The van der Waals surface area contributed by atoms with Gasteiger partial charge in [0.15, 0.2) is 0 Å². The van der Waals surface area contributed by atoms with Crippen molar-refractivity contribution in [2.24, 2.45) is 0 Å². The molecule has 2 heterocycles. The minimum atomic E-state index is -10.1. The smallest absolute Gasteiger partial charge is 0.419 e. The van der Waals surface area contributed by atoms with Crippen molar-refractivity contribution in [1.29, 1.82) is 0 Å². The van der Waals surface area contributed by atoms with Crippen molar-refractivity contribution in [1.82, 2.24) is 25.2 Å². The third kappa shape index (κ3) is 8.57. The van der Waals surface area contributed by atoms with Gasteiger partial charge in [-0.3, -0.25) is 9.78 Å². The highest BCUT2D eigenvalue weighted by Crippen LogP contribution is 3.02. The van der Waals surface area contributed by atoms with Crippen LogP contribution in [0.2, 0.25) is 0 Å². The molecule has 2 N–H and O–H groups in total. The topological polar surface area (TPSA) is 124 Å². The molecule has 0 radical (unpaired) electrons. The Labute approximate surface area is 251 Å². The Morgan fingerprint density at radius 3 is 2.05 bits per heavy atom. The number of aryl methyl sites for hydroxylation is 1. The van der Waals surface area contributed by atoms with Crippen LogP contribution in [-0.2, 0) is 9.47 Å². The van der Waals surface area contributed by atoms with Gasteiger partial charge in [0, 0.05) is 11.9 Å². The van der Waals surface area contributed by atoms with Gasteiger partial charge in [0.05, 0.1) is 29.1 Å². The number of fused-ring (bicyclic) bond motifs is 1. The second-order valence-electron chi connectivity index (χ2n) is 12.9. The van der Waals surface area contributed by atoms with Gasteiger partial charge in [0.1, 0.15) is 27.5 Å². The van der Waals surface area contributed by atoms with Crippen LogP contribution in [0.5, 0.6) is 0 Å². The molecular formula is C28H36F5N5O5S. The molecule has 2 aromatic heterocycles. The fourth-order valence-corrected chi connectivity index (χ4v) is 4.74. The van der Waals surface area contributed by atoms with Crippen LogP contribution in [-0.4, -0.2) is 55.9 Å². The molecule has 3 rings (SSSR count). The van der Waals surface area contributed by atoms with Crippen LogP contribution in [0, 0.1) is 6.92 Å². The molecule has 0 bridgehead atoms. The molecule has 0 unspecified atom stereocenters. The molecule has 10 nitrogen and oxygen atoms in total. The zero-order valence-corrected chi connectivity index (χ0v) is 26.6. The van der Waals surface area contributed by atoms with Gasteiger partial charge in [-0.2, -0.15) is 0 Å². The second kappa shape index (κ2) is 10.3. The minimum Gasteiger partial charge on any atom is -0.444 e. The zero-order valence-electron chi connectivity index (χ0n) is 25.8. The lowest BCUT2D eigenvalue weighted by Gasteiger charge is -2.40. The lowest BCUT2D eigenvalue weighted by molar-refractivity contribution is 0.0467. The first kappa shape index (κ1) is 34.5. The van der Waals surface area contributed by atoms with Crippen molar-refractivity contribution in [3.8, 4) is 11.4 Å². The van der Waals surface area contributed by atoms with E-state index in [9.17, 15) is 33.8 Å². The van der Waals surface area contributed by atoms with E-state index in [0.717, 1.165) is 23.0 Å². The van der Waals surface area contributed by atoms with E-state index in [1.807, 2.05) is 0 Å². The van der Waals surface area contributed by atoms with Crippen molar-refractivity contribution in [2.45, 2.75) is 84.0 Å². The molecule has 0 aliphatic rings. The fraction of sp³-hybridized carbons (Fsp3) is 0.464. The lowest BCUT2D eigenvalue weighted by atomic mass is 10.1. The number of hydrogen-bond donors (Lipinski definition) is 2. The van der Waals surface area contributed by atoms with Gasteiger partial charge in [0.2, 0.25) is 0 Å². The van der Waals surface area contributed by atoms with Crippen LogP contribution < -0.4 is 10.6 Å². The number of ether oxygens (including phenoxy) is 2. The summed E-state index contributed by atoms with van der Waals surface area (Å²) in [4.78, 5) is 44.6. The molecule has 244 valence electrons. The Morgan fingerprint density at radius 1 is 0.909 bits per heavy atom. The van der Waals surface area contributed by atoms with Crippen LogP contribution in [0.15, 0.2) is 35.5 Å². The lowest BCUT2D eigenvalue weighted by Crippen LogP contribution is -2.52. The zero-order chi connectivity index (χ0) is 33.7. The first-order valence-corrected chi connectivity index (χ1v) is 15.3. The maximum Gasteiger partial charge on any atom is 0.419 e. The maximum atomic E-state index is 13.7. The Kier molecular flexibility index (Phi) is 8.09. The molecule has 0 aliphatic carbocycles. The van der Waals surface area contributed by atoms with Crippen molar-refractivity contribution < 1.29 is 43.3 Å². The number of halogens is 5. The standard InChI is InChI=1S/C28H36F5N5O5S/c1-16-18-12-17(44(29,30,31,32)33)10-11-21(18)38(25(41)43-27(5,6)7)22(16)19-13-34-14-20(36-19)23(39)35-15-28(8,9)37-24(40)42-26(2,3)4/h10-14H,15H2,1-9H3,(H,35,39)(H,37,40). The molecule has 0 saturated heterocycles. The van der Waals surface area contributed by atoms with Gasteiger partial charge in [-0.1, -0.05) is 19.4 Å². The summed E-state index contributed by atoms with van der Waals surface area (Å²) >= 11 is 0. The molecular weight excluding hydrogens is 613 g/mol. The Hall–Kier alpha value is -3.95. The molecule has 2 amide bonds. The van der Waals surface area contributed by atoms with Crippen molar-refractivity contribution in [2.75, 3.05) is 6.54 Å². The van der Waals surface area contributed by atoms with E-state index in [1.54, 1.807) is 55.4 Å². The van der Waals surface area contributed by atoms with Crippen LogP contribution in [0.25, 0.3) is 22.3 Å². The first-order chi connectivity index (χ1) is 19.6. The Morgan fingerprint density at radius 2 is 1.50 bits per heavy atom. The third-order valence-electron chi connectivity index (χ3n) is 5.85. The molecule has 0 fully saturated rings. The highest BCUT2D eigenvalue weighted by Gasteiger charge is 2.65. The van der Waals surface area contributed by atoms with Gasteiger partial charge < -0.3 is 20.1 Å². The summed E-state index contributed by atoms with van der Waals surface area (Å²) in [5.74, 6) is -0.723. The molecule has 0 saturated carbocycles. The van der Waals surface area contributed by atoms with Gasteiger partial charge >= 0.3 is 22.4 Å². The van der Waals surface area contributed by atoms with Crippen molar-refractivity contribution in [3.63, 3.8) is 0 Å². The number of aromatic nitrogens is 3. The quantitative estimate of drug-likeness (QED) is 0.260. The summed E-state index contributed by atoms with van der Waals surface area (Å²) in [6, 6.07) is 1.24. The van der Waals surface area contributed by atoms with Crippen molar-refractivity contribution in [3.05, 3.63) is 41.9 Å². The van der Waals surface area contributed by atoms with E-state index >= 15 is 0 Å². The number of amides is 2. The monoisotopic (exact) mass is 649 g/mol. The molecule has 0 spiro atoms. The van der Waals surface area contributed by atoms with E-state index in [4.69, 9.17) is 9.47 Å². The molecule has 3 aromatic rings. The van der Waals surface area contributed by atoms with E-state index in [0.29, 0.717) is 0 Å². The number of nitrogens with one attached hydrogen (secondary N) is 2. The highest BCUT2D eigenvalue weighted by atomic mass is 32.5. The SMILES string of the molecule is Cc1c(-c2cncc(C(=O)NCC(C)(C)NC(=O)OC(C)(C)C)n2)n(C(=O)OC(C)(C)C)c2ccc(S(F)(F)(F)(F)F)cc12. The number of alkyl carbamates (subject to hydrolysis) is 1. The normalized spacial score (nSPS) is 14.4. The Bertz CT molecular complexity index is 1640. The number of hydrogen-bond acceptors (Lipinski definition) is 7. The van der Waals surface area contributed by atoms with E-state index < -0.39 is 50.0 Å².